The van der Waals surface area contributed by atoms with Crippen LogP contribution in [0.1, 0.15) is 17.0 Å². The smallest absolute Gasteiger partial charge is 0.326 e. The van der Waals surface area contributed by atoms with Gasteiger partial charge in [-0.1, -0.05) is 30.8 Å². The van der Waals surface area contributed by atoms with Crippen molar-refractivity contribution in [2.24, 2.45) is 4.99 Å². The number of amides is 2. The molecule has 2 amide bonds. The SMILES string of the molecule is C=C1N=C(NC(=O)Nc2cc(F)c(F)cc2F)NC=C1c1ccc(CNCc2ncc[nH]2)cc1. The van der Waals surface area contributed by atoms with Gasteiger partial charge in [-0.3, -0.25) is 5.32 Å². The summed E-state index contributed by atoms with van der Waals surface area (Å²) >= 11 is 0. The first-order valence-corrected chi connectivity index (χ1v) is 10.1. The van der Waals surface area contributed by atoms with Crippen molar-refractivity contribution in [1.82, 2.24) is 25.9 Å². The summed E-state index contributed by atoms with van der Waals surface area (Å²) in [6.07, 6.45) is 5.09. The fourth-order valence-corrected chi connectivity index (χ4v) is 3.17. The third-order valence-corrected chi connectivity index (χ3v) is 4.84. The largest absolute Gasteiger partial charge is 0.348 e. The number of aliphatic imine (C=N–C) groups is 1. The highest BCUT2D eigenvalue weighted by molar-refractivity contribution is 6.05. The lowest BCUT2D eigenvalue weighted by Gasteiger charge is -2.18. The van der Waals surface area contributed by atoms with Gasteiger partial charge in [0.05, 0.1) is 17.9 Å². The van der Waals surface area contributed by atoms with Gasteiger partial charge >= 0.3 is 6.03 Å². The number of aromatic nitrogens is 2. The van der Waals surface area contributed by atoms with Crippen LogP contribution < -0.4 is 21.3 Å². The number of nitrogens with one attached hydrogen (secondary N) is 5. The van der Waals surface area contributed by atoms with Gasteiger partial charge < -0.3 is 20.9 Å². The maximum absolute atomic E-state index is 13.7. The van der Waals surface area contributed by atoms with Gasteiger partial charge in [0.25, 0.3) is 0 Å². The lowest BCUT2D eigenvalue weighted by atomic mass is 10.0. The zero-order chi connectivity index (χ0) is 24.1. The molecule has 1 aliphatic rings. The number of imidazole rings is 1. The van der Waals surface area contributed by atoms with Gasteiger partial charge in [-0.15, -0.1) is 0 Å². The summed E-state index contributed by atoms with van der Waals surface area (Å²) in [5, 5.41) is 10.6. The molecule has 0 radical (unpaired) electrons. The van der Waals surface area contributed by atoms with Gasteiger partial charge in [0, 0.05) is 42.8 Å². The van der Waals surface area contributed by atoms with E-state index >= 15 is 0 Å². The Bertz CT molecular complexity index is 1270. The molecule has 0 unspecified atom stereocenters. The second-order valence-electron chi connectivity index (χ2n) is 7.27. The van der Waals surface area contributed by atoms with E-state index in [9.17, 15) is 18.0 Å². The van der Waals surface area contributed by atoms with Crippen LogP contribution in [-0.2, 0) is 13.1 Å². The minimum Gasteiger partial charge on any atom is -0.348 e. The summed E-state index contributed by atoms with van der Waals surface area (Å²) < 4.78 is 40.0. The van der Waals surface area contributed by atoms with Crippen LogP contribution in [0.2, 0.25) is 0 Å². The van der Waals surface area contributed by atoms with Gasteiger partial charge in [-0.2, -0.15) is 0 Å². The average Bonchev–Trinajstić information content (AvgIpc) is 3.32. The third kappa shape index (κ3) is 5.51. The Morgan fingerprint density at radius 2 is 1.76 bits per heavy atom. The molecule has 174 valence electrons. The molecule has 0 aliphatic carbocycles. The number of benzene rings is 2. The number of urea groups is 1. The molecule has 2 heterocycles. The van der Waals surface area contributed by atoms with Crippen LogP contribution in [0.5, 0.6) is 0 Å². The van der Waals surface area contributed by atoms with Crippen molar-refractivity contribution in [3.63, 3.8) is 0 Å². The number of allylic oxidation sites excluding steroid dienone is 1. The molecule has 4 rings (SSSR count). The second-order valence-corrected chi connectivity index (χ2v) is 7.27. The monoisotopic (exact) mass is 467 g/mol. The van der Waals surface area contributed by atoms with Crippen molar-refractivity contribution < 1.29 is 18.0 Å². The molecule has 0 spiro atoms. The van der Waals surface area contributed by atoms with Gasteiger partial charge in [0.1, 0.15) is 11.6 Å². The number of halogens is 3. The molecule has 8 nitrogen and oxygen atoms in total. The minimum atomic E-state index is -1.35. The summed E-state index contributed by atoms with van der Waals surface area (Å²) in [4.78, 5) is 23.5. The molecule has 1 aromatic heterocycles. The number of hydrogen-bond acceptors (Lipinski definition) is 5. The van der Waals surface area contributed by atoms with Crippen molar-refractivity contribution in [1.29, 1.82) is 0 Å². The lowest BCUT2D eigenvalue weighted by Crippen LogP contribution is -2.42. The molecule has 3 aromatic rings. The predicted molar refractivity (Wildman–Crippen MR) is 122 cm³/mol. The quantitative estimate of drug-likeness (QED) is 0.356. The first-order valence-electron chi connectivity index (χ1n) is 10.1. The fraction of sp³-hybridized carbons (Fsp3) is 0.0870. The van der Waals surface area contributed by atoms with E-state index in [1.54, 1.807) is 18.6 Å². The molecule has 0 fully saturated rings. The van der Waals surface area contributed by atoms with E-state index in [4.69, 9.17) is 0 Å². The number of H-pyrrole nitrogens is 1. The van der Waals surface area contributed by atoms with E-state index in [1.807, 2.05) is 24.3 Å². The lowest BCUT2D eigenvalue weighted by molar-refractivity contribution is 0.255. The zero-order valence-electron chi connectivity index (χ0n) is 17.8. The number of carbonyl (C=O) groups excluding carboxylic acids is 1. The van der Waals surface area contributed by atoms with E-state index in [-0.39, 0.29) is 5.96 Å². The Kier molecular flexibility index (Phi) is 6.74. The number of hydrogen-bond donors (Lipinski definition) is 5. The molecule has 5 N–H and O–H groups in total. The van der Waals surface area contributed by atoms with E-state index < -0.39 is 29.2 Å². The van der Waals surface area contributed by atoms with Crippen LogP contribution in [0, 0.1) is 17.5 Å². The van der Waals surface area contributed by atoms with Gasteiger partial charge in [0.2, 0.25) is 5.96 Å². The van der Waals surface area contributed by atoms with E-state index in [0.717, 1.165) is 17.0 Å². The molecule has 2 aromatic carbocycles. The van der Waals surface area contributed by atoms with Crippen LogP contribution in [0.4, 0.5) is 23.7 Å². The summed E-state index contributed by atoms with van der Waals surface area (Å²) in [7, 11) is 0. The maximum Gasteiger partial charge on any atom is 0.326 e. The zero-order valence-corrected chi connectivity index (χ0v) is 17.8. The molecule has 0 saturated heterocycles. The van der Waals surface area contributed by atoms with Crippen molar-refractivity contribution >= 4 is 23.3 Å². The summed E-state index contributed by atoms with van der Waals surface area (Å²) in [5.41, 5.74) is 2.53. The highest BCUT2D eigenvalue weighted by Gasteiger charge is 2.16. The topological polar surface area (TPSA) is 106 Å². The normalized spacial score (nSPS) is 13.1. The number of anilines is 1. The Morgan fingerprint density at radius 3 is 2.47 bits per heavy atom. The van der Waals surface area contributed by atoms with Crippen molar-refractivity contribution in [3.8, 4) is 0 Å². The van der Waals surface area contributed by atoms with Crippen LogP contribution >= 0.6 is 0 Å². The molecule has 34 heavy (non-hydrogen) atoms. The first-order chi connectivity index (χ1) is 16.4. The molecule has 0 bridgehead atoms. The molecular formula is C23H20F3N7O. The number of aromatic amines is 1. The molecular weight excluding hydrogens is 447 g/mol. The number of rotatable bonds is 6. The Balaban J connectivity index is 1.31. The minimum absolute atomic E-state index is 0.0352. The predicted octanol–water partition coefficient (Wildman–Crippen LogP) is 3.75. The standard InChI is InChI=1S/C23H20F3N7O/c1-13-16(15-4-2-14(3-5-15)10-27-12-21-28-6-7-29-21)11-30-22(31-13)33-23(34)32-20-9-18(25)17(24)8-19(20)26/h2-9,11,27H,1,10,12H2,(H,28,29)(H3,30,31,32,33,34). The van der Waals surface area contributed by atoms with Gasteiger partial charge in [-0.25, -0.2) is 27.9 Å². The van der Waals surface area contributed by atoms with Crippen LogP contribution in [0.15, 0.2) is 72.3 Å². The molecule has 1 aliphatic heterocycles. The second kappa shape index (κ2) is 10.0. The highest BCUT2D eigenvalue weighted by atomic mass is 19.2. The number of guanidine groups is 1. The van der Waals surface area contributed by atoms with Crippen LogP contribution in [-0.4, -0.2) is 22.0 Å². The van der Waals surface area contributed by atoms with Gasteiger partial charge in [0.15, 0.2) is 11.6 Å². The summed E-state index contributed by atoms with van der Waals surface area (Å²) in [6, 6.07) is 7.79. The number of nitrogens with zero attached hydrogens (tertiary/aromatic N) is 2. The van der Waals surface area contributed by atoms with Crippen molar-refractivity contribution in [3.05, 3.63) is 102 Å². The maximum atomic E-state index is 13.7. The fourth-order valence-electron chi connectivity index (χ4n) is 3.17. The van der Waals surface area contributed by atoms with Crippen LogP contribution in [0.3, 0.4) is 0 Å². The number of carbonyl (C=O) groups is 1. The first kappa shape index (κ1) is 22.8. The molecule has 11 heteroatoms. The summed E-state index contributed by atoms with van der Waals surface area (Å²) in [6.45, 7) is 5.20. The molecule has 0 saturated carbocycles. The Labute approximate surface area is 192 Å². The van der Waals surface area contributed by atoms with Crippen molar-refractivity contribution in [2.75, 3.05) is 5.32 Å². The van der Waals surface area contributed by atoms with Crippen molar-refractivity contribution in [2.45, 2.75) is 13.1 Å². The van der Waals surface area contributed by atoms with E-state index in [1.165, 1.54) is 0 Å². The molecule has 0 atom stereocenters. The Hall–Kier alpha value is -4.38. The van der Waals surface area contributed by atoms with Gasteiger partial charge in [-0.05, 0) is 11.1 Å². The third-order valence-electron chi connectivity index (χ3n) is 4.84. The van der Waals surface area contributed by atoms with Crippen LogP contribution in [0.25, 0.3) is 5.57 Å². The average molecular weight is 467 g/mol. The summed E-state index contributed by atoms with van der Waals surface area (Å²) in [5.74, 6) is -2.86. The Morgan fingerprint density at radius 1 is 1.00 bits per heavy atom. The van der Waals surface area contributed by atoms with E-state index in [0.29, 0.717) is 36.5 Å². The van der Waals surface area contributed by atoms with E-state index in [2.05, 4.69) is 42.8 Å². The highest BCUT2D eigenvalue weighted by Crippen LogP contribution is 2.24.